The molecule has 0 bridgehead atoms. The van der Waals surface area contributed by atoms with Gasteiger partial charge in [0.1, 0.15) is 0 Å². The van der Waals surface area contributed by atoms with Crippen molar-refractivity contribution in [2.24, 2.45) is 0 Å². The van der Waals surface area contributed by atoms with E-state index >= 15 is 0 Å². The van der Waals surface area contributed by atoms with E-state index in [1.54, 1.807) is 19.9 Å². The highest BCUT2D eigenvalue weighted by Gasteiger charge is 2.16. The van der Waals surface area contributed by atoms with Crippen LogP contribution >= 0.6 is 0 Å². The number of aryl methyl sites for hydroxylation is 2. The third-order valence-electron chi connectivity index (χ3n) is 3.21. The molecule has 2 aromatic rings. The van der Waals surface area contributed by atoms with E-state index in [9.17, 15) is 18.0 Å². The van der Waals surface area contributed by atoms with Crippen LogP contribution in [-0.2, 0) is 24.3 Å². The Bertz CT molecular complexity index is 965. The van der Waals surface area contributed by atoms with Crippen molar-refractivity contribution in [1.29, 1.82) is 0 Å². The van der Waals surface area contributed by atoms with E-state index in [1.807, 2.05) is 0 Å². The Morgan fingerprint density at radius 3 is 2.19 bits per heavy atom. The lowest BCUT2D eigenvalue weighted by atomic mass is 10.3. The number of sulfonamides is 1. The van der Waals surface area contributed by atoms with Crippen LogP contribution in [0.4, 0.5) is 11.6 Å². The predicted molar refractivity (Wildman–Crippen MR) is 98.5 cm³/mol. The molecule has 0 radical (unpaired) electrons. The first-order chi connectivity index (χ1) is 12.7. The number of hydrogen-bond donors (Lipinski definition) is 2. The van der Waals surface area contributed by atoms with E-state index in [0.717, 1.165) is 12.2 Å². The Morgan fingerprint density at radius 1 is 1.04 bits per heavy atom. The zero-order valence-electron chi connectivity index (χ0n) is 14.9. The molecule has 9 nitrogen and oxygen atoms in total. The number of nitrogens with one attached hydrogen (secondary N) is 2. The molecule has 1 heterocycles. The summed E-state index contributed by atoms with van der Waals surface area (Å²) < 4.78 is 31.5. The molecular formula is C17H18N4O5S. The van der Waals surface area contributed by atoms with E-state index in [1.165, 1.54) is 31.4 Å². The Labute approximate surface area is 156 Å². The van der Waals surface area contributed by atoms with Gasteiger partial charge in [-0.3, -0.25) is 4.79 Å². The van der Waals surface area contributed by atoms with Crippen LogP contribution in [0.25, 0.3) is 0 Å². The maximum Gasteiger partial charge on any atom is 0.330 e. The molecule has 27 heavy (non-hydrogen) atoms. The van der Waals surface area contributed by atoms with Crippen LogP contribution in [-0.4, -0.2) is 37.4 Å². The van der Waals surface area contributed by atoms with Gasteiger partial charge in [0, 0.05) is 29.2 Å². The summed E-state index contributed by atoms with van der Waals surface area (Å²) in [6.45, 7) is 3.47. The van der Waals surface area contributed by atoms with Crippen molar-refractivity contribution in [2.45, 2.75) is 18.7 Å². The van der Waals surface area contributed by atoms with Crippen LogP contribution < -0.4 is 10.0 Å². The molecule has 0 saturated heterocycles. The largest absolute Gasteiger partial charge is 0.466 e. The summed E-state index contributed by atoms with van der Waals surface area (Å²) in [6.07, 6.45) is 1.98. The molecule has 0 unspecified atom stereocenters. The Balaban J connectivity index is 2.10. The summed E-state index contributed by atoms with van der Waals surface area (Å²) in [4.78, 5) is 30.7. The first-order valence-corrected chi connectivity index (χ1v) is 9.20. The molecule has 0 saturated carbocycles. The summed E-state index contributed by atoms with van der Waals surface area (Å²) >= 11 is 0. The fraction of sp³-hybridized carbons (Fsp3) is 0.176. The predicted octanol–water partition coefficient (Wildman–Crippen LogP) is 1.56. The van der Waals surface area contributed by atoms with Gasteiger partial charge in [0.2, 0.25) is 11.9 Å². The molecule has 0 aliphatic carbocycles. The van der Waals surface area contributed by atoms with Crippen molar-refractivity contribution < 1.29 is 22.7 Å². The maximum absolute atomic E-state index is 12.4. The first-order valence-electron chi connectivity index (χ1n) is 7.72. The zero-order chi connectivity index (χ0) is 20.0. The van der Waals surface area contributed by atoms with Crippen molar-refractivity contribution in [3.05, 3.63) is 53.9 Å². The maximum atomic E-state index is 12.4. The molecule has 0 spiro atoms. The lowest BCUT2D eigenvalue weighted by Crippen LogP contribution is -2.16. The number of rotatable bonds is 6. The molecule has 142 valence electrons. The Kier molecular flexibility index (Phi) is 6.24. The van der Waals surface area contributed by atoms with Crippen molar-refractivity contribution >= 4 is 33.5 Å². The van der Waals surface area contributed by atoms with E-state index < -0.39 is 21.9 Å². The van der Waals surface area contributed by atoms with Crippen molar-refractivity contribution in [3.8, 4) is 0 Å². The van der Waals surface area contributed by atoms with Gasteiger partial charge in [0.05, 0.1) is 12.0 Å². The summed E-state index contributed by atoms with van der Waals surface area (Å²) in [7, 11) is -2.68. The summed E-state index contributed by atoms with van der Waals surface area (Å²) in [5, 5.41) is 2.49. The fourth-order valence-electron chi connectivity index (χ4n) is 2.06. The average molecular weight is 390 g/mol. The number of nitrogens with zero attached hydrogens (tertiary/aromatic N) is 2. The molecular weight excluding hydrogens is 372 g/mol. The number of hydrogen-bond acceptors (Lipinski definition) is 7. The minimum absolute atomic E-state index is 0.0159. The second-order valence-corrected chi connectivity index (χ2v) is 7.13. The molecule has 1 aromatic carbocycles. The molecule has 2 rings (SSSR count). The minimum atomic E-state index is -3.88. The Morgan fingerprint density at radius 2 is 1.63 bits per heavy atom. The lowest BCUT2D eigenvalue weighted by Gasteiger charge is -2.09. The molecule has 0 atom stereocenters. The highest BCUT2D eigenvalue weighted by Crippen LogP contribution is 2.17. The van der Waals surface area contributed by atoms with Gasteiger partial charge < -0.3 is 10.1 Å². The number of carbonyl (C=O) groups is 2. The quantitative estimate of drug-likeness (QED) is 0.566. The zero-order valence-corrected chi connectivity index (χ0v) is 15.7. The van der Waals surface area contributed by atoms with Crippen LogP contribution in [0.2, 0.25) is 0 Å². The fourth-order valence-corrected chi connectivity index (χ4v) is 3.01. The van der Waals surface area contributed by atoms with Gasteiger partial charge in [-0.25, -0.2) is 27.9 Å². The summed E-state index contributed by atoms with van der Waals surface area (Å²) in [6, 6.07) is 7.21. The van der Waals surface area contributed by atoms with Gasteiger partial charge in [0.15, 0.2) is 0 Å². The van der Waals surface area contributed by atoms with E-state index in [0.29, 0.717) is 17.1 Å². The smallest absolute Gasteiger partial charge is 0.330 e. The number of ether oxygens (including phenoxy) is 1. The number of aromatic nitrogens is 2. The molecule has 2 N–H and O–H groups in total. The highest BCUT2D eigenvalue weighted by molar-refractivity contribution is 7.92. The van der Waals surface area contributed by atoms with Crippen molar-refractivity contribution in [3.63, 3.8) is 0 Å². The molecule has 0 aliphatic heterocycles. The third kappa shape index (κ3) is 5.89. The number of esters is 1. The van der Waals surface area contributed by atoms with Crippen LogP contribution in [0.3, 0.4) is 0 Å². The molecule has 1 aromatic heterocycles. The van der Waals surface area contributed by atoms with E-state index in [4.69, 9.17) is 0 Å². The monoisotopic (exact) mass is 390 g/mol. The van der Waals surface area contributed by atoms with Crippen molar-refractivity contribution in [1.82, 2.24) is 9.97 Å². The van der Waals surface area contributed by atoms with Gasteiger partial charge >= 0.3 is 5.97 Å². The van der Waals surface area contributed by atoms with E-state index in [-0.39, 0.29) is 10.8 Å². The van der Waals surface area contributed by atoms with Gasteiger partial charge in [-0.2, -0.15) is 0 Å². The summed E-state index contributed by atoms with van der Waals surface area (Å²) in [5.74, 6) is -1.23. The molecule has 10 heteroatoms. The first kappa shape index (κ1) is 20.0. The van der Waals surface area contributed by atoms with Crippen LogP contribution in [0.1, 0.15) is 11.4 Å². The SMILES string of the molecule is COC(=O)C=CC(=O)Nc1ccc(S(=O)(=O)Nc2nc(C)cc(C)n2)cc1. The number of benzene rings is 1. The lowest BCUT2D eigenvalue weighted by molar-refractivity contribution is -0.135. The number of amides is 1. The number of methoxy groups -OCH3 is 1. The van der Waals surface area contributed by atoms with Crippen LogP contribution in [0.5, 0.6) is 0 Å². The molecule has 1 amide bonds. The summed E-state index contributed by atoms with van der Waals surface area (Å²) in [5.41, 5.74) is 1.63. The minimum Gasteiger partial charge on any atom is -0.466 e. The van der Waals surface area contributed by atoms with Gasteiger partial charge in [0.25, 0.3) is 10.0 Å². The average Bonchev–Trinajstić information content (AvgIpc) is 2.58. The number of anilines is 2. The van der Waals surface area contributed by atoms with Crippen molar-refractivity contribution in [2.75, 3.05) is 17.1 Å². The standard InChI is InChI=1S/C17H18N4O5S/c1-11-10-12(2)19-17(18-11)21-27(24,25)14-6-4-13(5-7-14)20-15(22)8-9-16(23)26-3/h4-10H,1-3H3,(H,20,22)(H,18,19,21). The molecule has 0 fully saturated rings. The topological polar surface area (TPSA) is 127 Å². The van der Waals surface area contributed by atoms with Gasteiger partial charge in [-0.15, -0.1) is 0 Å². The normalized spacial score (nSPS) is 11.2. The molecule has 0 aliphatic rings. The van der Waals surface area contributed by atoms with Crippen LogP contribution in [0.15, 0.2) is 47.4 Å². The second-order valence-electron chi connectivity index (χ2n) is 5.45. The second kappa shape index (κ2) is 8.41. The Hall–Kier alpha value is -3.27. The van der Waals surface area contributed by atoms with E-state index in [2.05, 4.69) is 24.7 Å². The number of carbonyl (C=O) groups excluding carboxylic acids is 2. The third-order valence-corrected chi connectivity index (χ3v) is 4.56. The van der Waals surface area contributed by atoms with Gasteiger partial charge in [-0.05, 0) is 44.2 Å². The highest BCUT2D eigenvalue weighted by atomic mass is 32.2. The van der Waals surface area contributed by atoms with Crippen LogP contribution in [0, 0.1) is 13.8 Å². The van der Waals surface area contributed by atoms with Gasteiger partial charge in [-0.1, -0.05) is 0 Å².